The Hall–Kier alpha value is -1.01. The minimum Gasteiger partial charge on any atom is -0.374 e. The fourth-order valence-electron chi connectivity index (χ4n) is 1.93. The Morgan fingerprint density at radius 3 is 2.00 bits per heavy atom. The summed E-state index contributed by atoms with van der Waals surface area (Å²) in [5.74, 6) is 0. The summed E-state index contributed by atoms with van der Waals surface area (Å²) in [5, 5.41) is 0. The highest BCUT2D eigenvalue weighted by atomic mass is 28.4. The van der Waals surface area contributed by atoms with E-state index in [0.717, 1.165) is 18.2 Å². The van der Waals surface area contributed by atoms with Crippen LogP contribution in [0.5, 0.6) is 0 Å². The minimum absolute atomic E-state index is 0.613. The molecule has 1 aromatic carbocycles. The average Bonchev–Trinajstić information content (AvgIpc) is 2.46. The molecule has 0 aromatic heterocycles. The van der Waals surface area contributed by atoms with Gasteiger partial charge in [0.05, 0.1) is 5.69 Å². The second-order valence-electron chi connectivity index (χ2n) is 4.17. The molecule has 0 heterocycles. The largest absolute Gasteiger partial charge is 0.501 e. The summed E-state index contributed by atoms with van der Waals surface area (Å²) < 4.78 is 17.4. The third-order valence-electron chi connectivity index (χ3n) is 2.67. The van der Waals surface area contributed by atoms with Crippen molar-refractivity contribution in [2.24, 2.45) is 4.99 Å². The molecule has 1 rings (SSSR count). The summed E-state index contributed by atoms with van der Waals surface area (Å²) in [4.78, 5) is 4.42. The van der Waals surface area contributed by atoms with Gasteiger partial charge in [-0.1, -0.05) is 18.2 Å². The molecule has 0 aliphatic rings. The van der Waals surface area contributed by atoms with Crippen LogP contribution in [0.15, 0.2) is 35.3 Å². The Balaban J connectivity index is 2.54. The Kier molecular flexibility index (Phi) is 8.37. The van der Waals surface area contributed by atoms with Crippen molar-refractivity contribution in [2.45, 2.75) is 33.2 Å². The van der Waals surface area contributed by atoms with E-state index in [1.54, 1.807) is 0 Å². The molecule has 0 aliphatic carbocycles. The lowest BCUT2D eigenvalue weighted by Gasteiger charge is -2.27. The molecule has 5 heteroatoms. The van der Waals surface area contributed by atoms with Gasteiger partial charge in [0.2, 0.25) is 0 Å². The third-order valence-corrected chi connectivity index (χ3v) is 5.76. The van der Waals surface area contributed by atoms with Crippen molar-refractivity contribution in [3.63, 3.8) is 0 Å². The van der Waals surface area contributed by atoms with Crippen LogP contribution < -0.4 is 0 Å². The maximum Gasteiger partial charge on any atom is 0.501 e. The predicted molar refractivity (Wildman–Crippen MR) is 84.7 cm³/mol. The van der Waals surface area contributed by atoms with Crippen molar-refractivity contribution in [3.8, 4) is 0 Å². The second-order valence-corrected chi connectivity index (χ2v) is 6.90. The van der Waals surface area contributed by atoms with Gasteiger partial charge in [0, 0.05) is 32.1 Å². The van der Waals surface area contributed by atoms with Gasteiger partial charge in [0.25, 0.3) is 0 Å². The fraction of sp³-hybridized carbons (Fsp3) is 0.533. The van der Waals surface area contributed by atoms with Gasteiger partial charge in [0.15, 0.2) is 0 Å². The number of aliphatic imine (C=N–C) groups is 1. The molecule has 0 saturated carbocycles. The lowest BCUT2D eigenvalue weighted by atomic mass is 10.3. The smallest absolute Gasteiger partial charge is 0.374 e. The standard InChI is InChI=1S/C15H25NO3Si/c1-4-17-20(18-5-2,19-6-3)14-10-13-16-15-11-8-7-9-12-15/h7-9,11-13H,4-6,10,14H2,1-3H3/b16-13+. The van der Waals surface area contributed by atoms with Crippen LogP contribution in [0.2, 0.25) is 6.04 Å². The molecular weight excluding hydrogens is 270 g/mol. The molecule has 0 atom stereocenters. The van der Waals surface area contributed by atoms with Gasteiger partial charge in [-0.15, -0.1) is 0 Å². The highest BCUT2D eigenvalue weighted by Crippen LogP contribution is 2.18. The molecule has 0 fully saturated rings. The summed E-state index contributed by atoms with van der Waals surface area (Å²) in [6, 6.07) is 10.7. The van der Waals surface area contributed by atoms with E-state index in [1.165, 1.54) is 0 Å². The highest BCUT2D eigenvalue weighted by Gasteiger charge is 2.39. The zero-order valence-corrected chi connectivity index (χ0v) is 13.7. The first-order valence-electron chi connectivity index (χ1n) is 7.25. The molecule has 112 valence electrons. The zero-order valence-electron chi connectivity index (χ0n) is 12.7. The summed E-state index contributed by atoms with van der Waals surface area (Å²) in [6.07, 6.45) is 2.70. The monoisotopic (exact) mass is 295 g/mol. The molecule has 20 heavy (non-hydrogen) atoms. The molecule has 4 nitrogen and oxygen atoms in total. The van der Waals surface area contributed by atoms with E-state index in [9.17, 15) is 0 Å². The number of para-hydroxylation sites is 1. The first-order chi connectivity index (χ1) is 9.76. The van der Waals surface area contributed by atoms with Crippen LogP contribution in [0.3, 0.4) is 0 Å². The fourth-order valence-corrected chi connectivity index (χ4v) is 4.41. The van der Waals surface area contributed by atoms with Gasteiger partial charge >= 0.3 is 8.80 Å². The SMILES string of the molecule is CCO[Si](CC/C=N/c1ccccc1)(OCC)OCC. The molecule has 0 amide bonds. The first-order valence-corrected chi connectivity index (χ1v) is 9.19. The Morgan fingerprint density at radius 1 is 0.950 bits per heavy atom. The van der Waals surface area contributed by atoms with Crippen molar-refractivity contribution in [2.75, 3.05) is 19.8 Å². The number of benzene rings is 1. The summed E-state index contributed by atoms with van der Waals surface area (Å²) >= 11 is 0. The molecule has 0 unspecified atom stereocenters. The lowest BCUT2D eigenvalue weighted by Crippen LogP contribution is -2.45. The van der Waals surface area contributed by atoms with E-state index >= 15 is 0 Å². The van der Waals surface area contributed by atoms with Crippen LogP contribution in [0.25, 0.3) is 0 Å². The van der Waals surface area contributed by atoms with Crippen molar-refractivity contribution < 1.29 is 13.3 Å². The van der Waals surface area contributed by atoms with Gasteiger partial charge in [-0.25, -0.2) is 0 Å². The second kappa shape index (κ2) is 9.82. The lowest BCUT2D eigenvalue weighted by molar-refractivity contribution is 0.0719. The van der Waals surface area contributed by atoms with Crippen molar-refractivity contribution in [3.05, 3.63) is 30.3 Å². The van der Waals surface area contributed by atoms with Crippen LogP contribution in [0.4, 0.5) is 5.69 Å². The highest BCUT2D eigenvalue weighted by molar-refractivity contribution is 6.60. The van der Waals surface area contributed by atoms with Crippen LogP contribution in [0.1, 0.15) is 27.2 Å². The van der Waals surface area contributed by atoms with E-state index in [4.69, 9.17) is 13.3 Å². The Bertz CT molecular complexity index is 367. The maximum atomic E-state index is 5.80. The topological polar surface area (TPSA) is 40.0 Å². The van der Waals surface area contributed by atoms with E-state index in [1.807, 2.05) is 57.3 Å². The van der Waals surface area contributed by atoms with Crippen molar-refractivity contribution in [1.29, 1.82) is 0 Å². The predicted octanol–water partition coefficient (Wildman–Crippen LogP) is 3.83. The van der Waals surface area contributed by atoms with Gasteiger partial charge < -0.3 is 13.3 Å². The molecular formula is C15H25NO3Si. The molecule has 0 spiro atoms. The van der Waals surface area contributed by atoms with Crippen molar-refractivity contribution >= 4 is 20.7 Å². The zero-order chi connectivity index (χ0) is 14.7. The molecule has 1 aromatic rings. The molecule has 0 aliphatic heterocycles. The molecule has 0 radical (unpaired) electrons. The van der Waals surface area contributed by atoms with Crippen LogP contribution in [-0.4, -0.2) is 34.8 Å². The Labute approximate surface area is 123 Å². The van der Waals surface area contributed by atoms with E-state index in [2.05, 4.69) is 4.99 Å². The van der Waals surface area contributed by atoms with E-state index < -0.39 is 8.80 Å². The first kappa shape index (κ1) is 17.0. The maximum absolute atomic E-state index is 5.80. The molecule has 0 bridgehead atoms. The minimum atomic E-state index is -2.52. The molecule has 0 N–H and O–H groups in total. The van der Waals surface area contributed by atoms with Gasteiger partial charge in [-0.2, -0.15) is 0 Å². The van der Waals surface area contributed by atoms with Gasteiger partial charge in [0.1, 0.15) is 0 Å². The summed E-state index contributed by atoms with van der Waals surface area (Å²) in [7, 11) is -2.52. The third kappa shape index (κ3) is 5.96. The van der Waals surface area contributed by atoms with Crippen LogP contribution >= 0.6 is 0 Å². The van der Waals surface area contributed by atoms with Gasteiger partial charge in [-0.05, 0) is 39.3 Å². The number of hydrogen-bond donors (Lipinski definition) is 0. The van der Waals surface area contributed by atoms with Crippen LogP contribution in [0, 0.1) is 0 Å². The summed E-state index contributed by atoms with van der Waals surface area (Å²) in [5.41, 5.74) is 0.962. The number of hydrogen-bond acceptors (Lipinski definition) is 4. The molecule has 0 saturated heterocycles. The van der Waals surface area contributed by atoms with Crippen LogP contribution in [-0.2, 0) is 13.3 Å². The normalized spacial score (nSPS) is 12.2. The number of rotatable bonds is 10. The number of nitrogens with zero attached hydrogens (tertiary/aromatic N) is 1. The summed E-state index contributed by atoms with van der Waals surface area (Å²) in [6.45, 7) is 7.75. The van der Waals surface area contributed by atoms with E-state index in [-0.39, 0.29) is 0 Å². The average molecular weight is 295 g/mol. The van der Waals surface area contributed by atoms with Crippen molar-refractivity contribution in [1.82, 2.24) is 0 Å². The quantitative estimate of drug-likeness (QED) is 0.486. The van der Waals surface area contributed by atoms with Gasteiger partial charge in [-0.3, -0.25) is 4.99 Å². The van der Waals surface area contributed by atoms with E-state index in [0.29, 0.717) is 19.8 Å². The Morgan fingerprint density at radius 2 is 1.50 bits per heavy atom.